The zero-order valence-electron chi connectivity index (χ0n) is 14.4. The molecule has 28 heavy (non-hydrogen) atoms. The quantitative estimate of drug-likeness (QED) is 0.399. The zero-order chi connectivity index (χ0) is 19.7. The lowest BCUT2D eigenvalue weighted by atomic mass is 10.1. The van der Waals surface area contributed by atoms with Crippen LogP contribution in [0.4, 0.5) is 4.39 Å². The van der Waals surface area contributed by atoms with Gasteiger partial charge in [-0.15, -0.1) is 0 Å². The molecule has 2 aromatic carbocycles. The maximum absolute atomic E-state index is 13.2. The zero-order valence-corrected chi connectivity index (χ0v) is 15.2. The van der Waals surface area contributed by atoms with Gasteiger partial charge in [0.25, 0.3) is 5.56 Å². The van der Waals surface area contributed by atoms with Crippen molar-refractivity contribution in [3.05, 3.63) is 82.5 Å². The fourth-order valence-corrected chi connectivity index (χ4v) is 3.68. The van der Waals surface area contributed by atoms with Crippen LogP contribution >= 0.6 is 11.8 Å². The van der Waals surface area contributed by atoms with Crippen LogP contribution in [0, 0.1) is 5.82 Å². The second-order valence-corrected chi connectivity index (χ2v) is 7.05. The Morgan fingerprint density at radius 3 is 2.54 bits per heavy atom. The Hall–Kier alpha value is -3.46. The second kappa shape index (κ2) is 7.28. The number of hydrogen-bond acceptors (Lipinski definition) is 5. The number of rotatable bonds is 5. The third-order valence-electron chi connectivity index (χ3n) is 4.08. The molecule has 0 aliphatic rings. The smallest absolute Gasteiger partial charge is 0.262 e. The summed E-state index contributed by atoms with van der Waals surface area (Å²) >= 11 is 0.987. The molecule has 7 nitrogen and oxygen atoms in total. The van der Waals surface area contributed by atoms with E-state index in [1.807, 2.05) is 30.3 Å². The van der Waals surface area contributed by atoms with E-state index in [1.54, 1.807) is 4.68 Å². The summed E-state index contributed by atoms with van der Waals surface area (Å²) in [6, 6.07) is 14.7. The van der Waals surface area contributed by atoms with Crippen LogP contribution in [0.5, 0.6) is 0 Å². The Bertz CT molecular complexity index is 1200. The van der Waals surface area contributed by atoms with Crippen LogP contribution in [0.1, 0.15) is 10.8 Å². The molecular formula is C19H14FN5O2S. The molecule has 0 spiro atoms. The Kier molecular flexibility index (Phi) is 4.66. The average Bonchev–Trinajstić information content (AvgIpc) is 3.12. The number of para-hydroxylation sites is 1. The Labute approximate surface area is 162 Å². The van der Waals surface area contributed by atoms with Gasteiger partial charge in [0.15, 0.2) is 10.8 Å². The first-order valence-corrected chi connectivity index (χ1v) is 9.16. The number of nitrogens with two attached hydrogens (primary N) is 1. The highest BCUT2D eigenvalue weighted by atomic mass is 32.2. The number of halogens is 1. The number of thioether (sulfide) groups is 1. The van der Waals surface area contributed by atoms with E-state index in [0.29, 0.717) is 16.6 Å². The third kappa shape index (κ3) is 3.39. The molecule has 1 amide bonds. The van der Waals surface area contributed by atoms with E-state index in [9.17, 15) is 14.0 Å². The van der Waals surface area contributed by atoms with Gasteiger partial charge in [-0.25, -0.2) is 14.1 Å². The summed E-state index contributed by atoms with van der Waals surface area (Å²) < 4.78 is 14.7. The number of H-pyrrole nitrogens is 1. The lowest BCUT2D eigenvalue weighted by molar-refractivity contribution is -0.117. The standard InChI is InChI=1S/C19H14FN5O2S/c20-12-8-6-11(7-9-12)15(16(21)26)28-19-23-17-14(18(27)24-19)10-22-25(17)13-4-2-1-3-5-13/h1-10,15H,(H2,21,26)(H,23,24,27)/t15-/m1/s1. The monoisotopic (exact) mass is 395 g/mol. The summed E-state index contributed by atoms with van der Waals surface area (Å²) in [6.45, 7) is 0. The first kappa shape index (κ1) is 17.9. The number of nitrogens with zero attached hydrogens (tertiary/aromatic N) is 3. The number of primary amides is 1. The molecule has 0 saturated carbocycles. The van der Waals surface area contributed by atoms with E-state index >= 15 is 0 Å². The number of carbonyl (C=O) groups is 1. The SMILES string of the molecule is NC(=O)[C@H](Sc1nc2c(cnn2-c2ccccc2)c(=O)[nH]1)c1ccc(F)cc1. The van der Waals surface area contributed by atoms with Gasteiger partial charge in [-0.2, -0.15) is 5.10 Å². The van der Waals surface area contributed by atoms with E-state index < -0.39 is 17.0 Å². The van der Waals surface area contributed by atoms with Crippen molar-refractivity contribution >= 4 is 28.7 Å². The maximum Gasteiger partial charge on any atom is 0.262 e. The topological polar surface area (TPSA) is 107 Å². The molecule has 0 fully saturated rings. The fraction of sp³-hybridized carbons (Fsp3) is 0.0526. The first-order valence-electron chi connectivity index (χ1n) is 8.28. The molecule has 0 unspecified atom stereocenters. The van der Waals surface area contributed by atoms with E-state index in [2.05, 4.69) is 15.1 Å². The molecule has 4 aromatic rings. The van der Waals surface area contributed by atoms with Crippen molar-refractivity contribution in [2.45, 2.75) is 10.4 Å². The molecule has 0 saturated heterocycles. The van der Waals surface area contributed by atoms with E-state index in [0.717, 1.165) is 17.4 Å². The van der Waals surface area contributed by atoms with E-state index in [4.69, 9.17) is 5.73 Å². The van der Waals surface area contributed by atoms with Crippen LogP contribution in [0.2, 0.25) is 0 Å². The summed E-state index contributed by atoms with van der Waals surface area (Å²) in [6.07, 6.45) is 1.44. The molecule has 9 heteroatoms. The van der Waals surface area contributed by atoms with Crippen LogP contribution in [0.15, 0.2) is 70.7 Å². The van der Waals surface area contributed by atoms with Crippen molar-refractivity contribution in [2.75, 3.05) is 0 Å². The highest BCUT2D eigenvalue weighted by Crippen LogP contribution is 2.33. The number of nitrogens with one attached hydrogen (secondary N) is 1. The van der Waals surface area contributed by atoms with Crippen LogP contribution in [0.25, 0.3) is 16.7 Å². The van der Waals surface area contributed by atoms with E-state index in [-0.39, 0.29) is 10.7 Å². The number of fused-ring (bicyclic) bond motifs is 1. The highest BCUT2D eigenvalue weighted by molar-refractivity contribution is 8.00. The molecule has 0 radical (unpaired) electrons. The Balaban J connectivity index is 1.77. The van der Waals surface area contributed by atoms with Crippen molar-refractivity contribution in [1.82, 2.24) is 19.7 Å². The molecule has 0 bridgehead atoms. The molecule has 0 aliphatic heterocycles. The predicted molar refractivity (Wildman–Crippen MR) is 104 cm³/mol. The summed E-state index contributed by atoms with van der Waals surface area (Å²) in [5.41, 5.74) is 6.76. The third-order valence-corrected chi connectivity index (χ3v) is 5.23. The van der Waals surface area contributed by atoms with Gasteiger partial charge in [0, 0.05) is 0 Å². The van der Waals surface area contributed by atoms with Crippen molar-refractivity contribution in [1.29, 1.82) is 0 Å². The Morgan fingerprint density at radius 2 is 1.86 bits per heavy atom. The second-order valence-electron chi connectivity index (χ2n) is 5.95. The number of benzene rings is 2. The van der Waals surface area contributed by atoms with Gasteiger partial charge in [0.2, 0.25) is 5.91 Å². The molecule has 4 rings (SSSR count). The molecule has 140 valence electrons. The van der Waals surface area contributed by atoms with Crippen LogP contribution in [0.3, 0.4) is 0 Å². The maximum atomic E-state index is 13.2. The number of aromatic nitrogens is 4. The predicted octanol–water partition coefficient (Wildman–Crippen LogP) is 2.57. The van der Waals surface area contributed by atoms with Crippen molar-refractivity contribution in [3.63, 3.8) is 0 Å². The van der Waals surface area contributed by atoms with Gasteiger partial charge in [0.1, 0.15) is 16.5 Å². The Morgan fingerprint density at radius 1 is 1.14 bits per heavy atom. The summed E-state index contributed by atoms with van der Waals surface area (Å²) in [7, 11) is 0. The normalized spacial score (nSPS) is 12.2. The van der Waals surface area contributed by atoms with Gasteiger partial charge < -0.3 is 10.7 Å². The van der Waals surface area contributed by atoms with Gasteiger partial charge in [-0.3, -0.25) is 9.59 Å². The largest absolute Gasteiger partial charge is 0.368 e. The minimum atomic E-state index is -0.839. The molecule has 2 aromatic heterocycles. The van der Waals surface area contributed by atoms with Gasteiger partial charge in [-0.1, -0.05) is 42.1 Å². The van der Waals surface area contributed by atoms with E-state index in [1.165, 1.54) is 30.5 Å². The van der Waals surface area contributed by atoms with Crippen molar-refractivity contribution in [2.24, 2.45) is 5.73 Å². The number of hydrogen-bond donors (Lipinski definition) is 2. The lowest BCUT2D eigenvalue weighted by Gasteiger charge is -2.13. The summed E-state index contributed by atoms with van der Waals surface area (Å²) in [4.78, 5) is 31.5. The molecule has 1 atom stereocenters. The van der Waals surface area contributed by atoms with Crippen LogP contribution in [-0.4, -0.2) is 25.7 Å². The van der Waals surface area contributed by atoms with Crippen LogP contribution < -0.4 is 11.3 Å². The minimum Gasteiger partial charge on any atom is -0.368 e. The average molecular weight is 395 g/mol. The number of aromatic amines is 1. The molecule has 3 N–H and O–H groups in total. The summed E-state index contributed by atoms with van der Waals surface area (Å²) in [5, 5.41) is 3.94. The van der Waals surface area contributed by atoms with Crippen molar-refractivity contribution < 1.29 is 9.18 Å². The molecule has 0 aliphatic carbocycles. The van der Waals surface area contributed by atoms with Gasteiger partial charge in [-0.05, 0) is 29.8 Å². The number of amides is 1. The fourth-order valence-electron chi connectivity index (χ4n) is 2.75. The molecule has 2 heterocycles. The minimum absolute atomic E-state index is 0.211. The first-order chi connectivity index (χ1) is 13.5. The van der Waals surface area contributed by atoms with Crippen molar-refractivity contribution in [3.8, 4) is 5.69 Å². The number of carbonyl (C=O) groups excluding carboxylic acids is 1. The van der Waals surface area contributed by atoms with Gasteiger partial charge >= 0.3 is 0 Å². The van der Waals surface area contributed by atoms with Gasteiger partial charge in [0.05, 0.1) is 11.9 Å². The molecular weight excluding hydrogens is 381 g/mol. The van der Waals surface area contributed by atoms with Crippen LogP contribution in [-0.2, 0) is 4.79 Å². The highest BCUT2D eigenvalue weighted by Gasteiger charge is 2.22. The summed E-state index contributed by atoms with van der Waals surface area (Å²) in [5.74, 6) is -1.05. The lowest BCUT2D eigenvalue weighted by Crippen LogP contribution is -2.20.